The Morgan fingerprint density at radius 1 is 1.53 bits per heavy atom. The number of aliphatic hydroxyl groups is 2. The average molecular weight is 287 g/mol. The molecule has 1 aromatic rings. The van der Waals surface area contributed by atoms with Gasteiger partial charge in [0.2, 0.25) is 0 Å². The number of rotatable bonds is 4. The predicted molar refractivity (Wildman–Crippen MR) is 71.2 cm³/mol. The molecule has 3 atom stereocenters. The van der Waals surface area contributed by atoms with E-state index >= 15 is 0 Å². The molecule has 0 radical (unpaired) electrons. The van der Waals surface area contributed by atoms with Crippen LogP contribution in [0.5, 0.6) is 0 Å². The second-order valence-electron chi connectivity index (χ2n) is 4.52. The molecule has 8 heteroatoms. The van der Waals surface area contributed by atoms with Gasteiger partial charge in [-0.25, -0.2) is 9.48 Å². The molecule has 1 saturated heterocycles. The van der Waals surface area contributed by atoms with E-state index in [1.165, 1.54) is 16.4 Å². The largest absolute Gasteiger partial charge is 0.395 e. The third kappa shape index (κ3) is 2.90. The number of aromatic nitrogens is 3. The first-order valence-corrected chi connectivity index (χ1v) is 7.17. The number of nitrogens with zero attached hydrogens (tertiary/aromatic N) is 2. The number of H-pyrrole nitrogens is 1. The van der Waals surface area contributed by atoms with Crippen molar-refractivity contribution in [3.8, 4) is 0 Å². The van der Waals surface area contributed by atoms with Crippen molar-refractivity contribution in [1.82, 2.24) is 14.8 Å². The number of aliphatic hydroxyl groups excluding tert-OH is 2. The first kappa shape index (κ1) is 14.3. The van der Waals surface area contributed by atoms with Crippen molar-refractivity contribution in [2.75, 3.05) is 6.61 Å². The van der Waals surface area contributed by atoms with Crippen LogP contribution in [0.25, 0.3) is 0 Å². The fraction of sp³-hybridized carbons (Fsp3) is 0.727. The minimum atomic E-state index is -0.671. The van der Waals surface area contributed by atoms with E-state index in [0.717, 1.165) is 6.42 Å². The summed E-state index contributed by atoms with van der Waals surface area (Å²) in [4.78, 5) is 25.6. The number of nitrogens with one attached hydrogen (secondary N) is 1. The maximum absolute atomic E-state index is 11.8. The molecule has 1 aromatic heterocycles. The van der Waals surface area contributed by atoms with Gasteiger partial charge in [0.05, 0.1) is 18.0 Å². The molecule has 19 heavy (non-hydrogen) atoms. The summed E-state index contributed by atoms with van der Waals surface area (Å²) in [7, 11) is 0. The van der Waals surface area contributed by atoms with Gasteiger partial charge >= 0.3 is 5.69 Å². The molecule has 0 spiro atoms. The van der Waals surface area contributed by atoms with Gasteiger partial charge in [-0.05, 0) is 6.42 Å². The molecule has 2 rings (SSSR count). The lowest BCUT2D eigenvalue weighted by Crippen LogP contribution is -2.36. The molecule has 0 amide bonds. The SMILES string of the molecule is CCCc1nn(C2CC(O)C(CO)S2)c(=O)[nH]c1=O. The van der Waals surface area contributed by atoms with E-state index in [0.29, 0.717) is 18.5 Å². The van der Waals surface area contributed by atoms with Crippen molar-refractivity contribution in [3.05, 3.63) is 26.5 Å². The smallest absolute Gasteiger partial charge is 0.345 e. The van der Waals surface area contributed by atoms with Gasteiger partial charge in [0.25, 0.3) is 5.56 Å². The zero-order chi connectivity index (χ0) is 14.0. The summed E-state index contributed by atoms with van der Waals surface area (Å²) in [5, 5.41) is 22.3. The second kappa shape index (κ2) is 5.89. The number of hydrogen-bond donors (Lipinski definition) is 3. The monoisotopic (exact) mass is 287 g/mol. The Labute approximate surface area is 113 Å². The molecular formula is C11H17N3O4S. The molecule has 3 unspecified atom stereocenters. The molecule has 0 bridgehead atoms. The molecule has 7 nitrogen and oxygen atoms in total. The fourth-order valence-electron chi connectivity index (χ4n) is 2.07. The molecule has 106 valence electrons. The second-order valence-corrected chi connectivity index (χ2v) is 5.94. The Balaban J connectivity index is 2.33. The summed E-state index contributed by atoms with van der Waals surface area (Å²) in [6.45, 7) is 1.77. The van der Waals surface area contributed by atoms with Crippen LogP contribution in [0.3, 0.4) is 0 Å². The molecule has 1 fully saturated rings. The summed E-state index contributed by atoms with van der Waals surface area (Å²) in [5.41, 5.74) is -0.705. The van der Waals surface area contributed by atoms with Gasteiger partial charge in [0.15, 0.2) is 0 Å². The van der Waals surface area contributed by atoms with Crippen molar-refractivity contribution in [1.29, 1.82) is 0 Å². The van der Waals surface area contributed by atoms with Crippen molar-refractivity contribution in [2.24, 2.45) is 0 Å². The van der Waals surface area contributed by atoms with Crippen LogP contribution in [-0.2, 0) is 6.42 Å². The van der Waals surface area contributed by atoms with Crippen molar-refractivity contribution in [3.63, 3.8) is 0 Å². The average Bonchev–Trinajstić information content (AvgIpc) is 2.74. The predicted octanol–water partition coefficient (Wildman–Crippen LogP) is -0.759. The first-order valence-electron chi connectivity index (χ1n) is 6.23. The molecular weight excluding hydrogens is 270 g/mol. The quantitative estimate of drug-likeness (QED) is 0.672. The minimum absolute atomic E-state index is 0.151. The number of aryl methyl sites for hydroxylation is 1. The maximum Gasteiger partial charge on any atom is 0.345 e. The van der Waals surface area contributed by atoms with Crippen LogP contribution in [0.4, 0.5) is 0 Å². The summed E-state index contributed by atoms with van der Waals surface area (Å²) in [6, 6.07) is 0. The first-order chi connectivity index (χ1) is 9.06. The normalized spacial score (nSPS) is 26.8. The van der Waals surface area contributed by atoms with Crippen LogP contribution in [0.1, 0.15) is 30.8 Å². The van der Waals surface area contributed by atoms with E-state index in [-0.39, 0.29) is 17.2 Å². The summed E-state index contributed by atoms with van der Waals surface area (Å²) in [5.74, 6) is 0. The highest BCUT2D eigenvalue weighted by atomic mass is 32.2. The number of aromatic amines is 1. The van der Waals surface area contributed by atoms with Crippen molar-refractivity contribution >= 4 is 11.8 Å². The van der Waals surface area contributed by atoms with Gasteiger partial charge in [-0.15, -0.1) is 11.8 Å². The van der Waals surface area contributed by atoms with Gasteiger partial charge in [-0.1, -0.05) is 13.3 Å². The summed E-state index contributed by atoms with van der Waals surface area (Å²) >= 11 is 1.30. The molecule has 0 saturated carbocycles. The third-order valence-electron chi connectivity index (χ3n) is 3.06. The van der Waals surface area contributed by atoms with Crippen LogP contribution in [-0.4, -0.2) is 42.9 Å². The maximum atomic E-state index is 11.8. The van der Waals surface area contributed by atoms with E-state index in [1.807, 2.05) is 6.92 Å². The van der Waals surface area contributed by atoms with Crippen molar-refractivity contribution in [2.45, 2.75) is 42.9 Å². The standard InChI is InChI=1S/C11H17N3O4S/c1-2-3-6-10(17)12-11(18)14(13-6)9-4-7(16)8(5-15)19-9/h7-9,15-16H,2-5H2,1H3,(H,12,17,18). The summed E-state index contributed by atoms with van der Waals surface area (Å²) in [6.07, 6.45) is 0.920. The fourth-order valence-corrected chi connectivity index (χ4v) is 3.42. The van der Waals surface area contributed by atoms with E-state index in [9.17, 15) is 14.7 Å². The summed E-state index contributed by atoms with van der Waals surface area (Å²) < 4.78 is 1.20. The molecule has 0 aliphatic carbocycles. The van der Waals surface area contributed by atoms with Gasteiger partial charge in [-0.3, -0.25) is 9.78 Å². The van der Waals surface area contributed by atoms with Crippen LogP contribution in [0, 0.1) is 0 Å². The van der Waals surface area contributed by atoms with Gasteiger partial charge in [0, 0.05) is 6.42 Å². The van der Waals surface area contributed by atoms with Crippen LogP contribution in [0.15, 0.2) is 9.59 Å². The van der Waals surface area contributed by atoms with Gasteiger partial charge in [-0.2, -0.15) is 5.10 Å². The Hall–Kier alpha value is -1.12. The highest BCUT2D eigenvalue weighted by Crippen LogP contribution is 2.40. The molecule has 1 aliphatic heterocycles. The molecule has 0 aromatic carbocycles. The number of hydrogen-bond acceptors (Lipinski definition) is 6. The van der Waals surface area contributed by atoms with Crippen molar-refractivity contribution < 1.29 is 10.2 Å². The van der Waals surface area contributed by atoms with Crippen LogP contribution >= 0.6 is 11.8 Å². The number of thioether (sulfide) groups is 1. The lowest BCUT2D eigenvalue weighted by atomic mass is 10.2. The Morgan fingerprint density at radius 3 is 2.84 bits per heavy atom. The van der Waals surface area contributed by atoms with Crippen LogP contribution < -0.4 is 11.2 Å². The molecule has 1 aliphatic rings. The van der Waals surface area contributed by atoms with E-state index in [4.69, 9.17) is 5.11 Å². The van der Waals surface area contributed by atoms with E-state index in [1.54, 1.807) is 0 Å². The zero-order valence-corrected chi connectivity index (χ0v) is 11.4. The van der Waals surface area contributed by atoms with Gasteiger partial charge < -0.3 is 10.2 Å². The topological polar surface area (TPSA) is 108 Å². The zero-order valence-electron chi connectivity index (χ0n) is 10.6. The van der Waals surface area contributed by atoms with Gasteiger partial charge in [0.1, 0.15) is 11.1 Å². The molecule has 3 N–H and O–H groups in total. The highest BCUT2D eigenvalue weighted by molar-refractivity contribution is 8.00. The van der Waals surface area contributed by atoms with E-state index < -0.39 is 17.4 Å². The van der Waals surface area contributed by atoms with E-state index in [2.05, 4.69) is 10.1 Å². The lowest BCUT2D eigenvalue weighted by molar-refractivity contribution is 0.136. The highest BCUT2D eigenvalue weighted by Gasteiger charge is 2.35. The Bertz CT molecular complexity index is 556. The Morgan fingerprint density at radius 2 is 2.26 bits per heavy atom. The minimum Gasteiger partial charge on any atom is -0.395 e. The lowest BCUT2D eigenvalue weighted by Gasteiger charge is -2.12. The molecule has 2 heterocycles. The Kier molecular flexibility index (Phi) is 4.43. The third-order valence-corrected chi connectivity index (χ3v) is 4.58. The van der Waals surface area contributed by atoms with Crippen LogP contribution in [0.2, 0.25) is 0 Å².